The van der Waals surface area contributed by atoms with Crippen molar-refractivity contribution >= 4 is 5.97 Å². The van der Waals surface area contributed by atoms with Crippen LogP contribution in [0.15, 0.2) is 12.2 Å². The number of fused-ring (bicyclic) bond motifs is 21. The number of aliphatic hydroxyl groups excluding tert-OH is 6. The second-order valence-corrected chi connectivity index (χ2v) is 11.9. The molecule has 0 radical (unpaired) electrons. The predicted molar refractivity (Wildman–Crippen MR) is 155 cm³/mol. The lowest BCUT2D eigenvalue weighted by molar-refractivity contribution is -0.295. The van der Waals surface area contributed by atoms with E-state index in [1.54, 1.807) is 0 Å². The first-order valence-corrected chi connectivity index (χ1v) is 16.2. The fourth-order valence-corrected chi connectivity index (χ4v) is 5.85. The number of hydrogen-bond donors (Lipinski definition) is 6. The topological polar surface area (TPSA) is 185 Å². The van der Waals surface area contributed by atoms with Crippen LogP contribution in [0.25, 0.3) is 0 Å². The summed E-state index contributed by atoms with van der Waals surface area (Å²) in [6.45, 7) is -1.03. The summed E-state index contributed by atoms with van der Waals surface area (Å²) < 4.78 is 28.6. The number of carbonyl (C=O) groups is 1. The van der Waals surface area contributed by atoms with Gasteiger partial charge in [0, 0.05) is 13.0 Å². The van der Waals surface area contributed by atoms with E-state index in [4.69, 9.17) is 23.7 Å². The fraction of sp³-hybridized carbons (Fsp3) is 0.903. The lowest BCUT2D eigenvalue weighted by atomic mass is 9.91. The minimum atomic E-state index is -1.50. The molecule has 12 heteroatoms. The van der Waals surface area contributed by atoms with E-state index >= 15 is 0 Å². The molecule has 0 aromatic heterocycles. The Bertz CT molecular complexity index is 795. The minimum absolute atomic E-state index is 0.139. The first-order valence-electron chi connectivity index (χ1n) is 16.2. The van der Waals surface area contributed by atoms with Gasteiger partial charge in [0.1, 0.15) is 36.6 Å². The summed E-state index contributed by atoms with van der Waals surface area (Å²) in [7, 11) is 0. The van der Waals surface area contributed by atoms with Crippen LogP contribution in [0, 0.1) is 5.92 Å². The van der Waals surface area contributed by atoms with Crippen LogP contribution in [-0.2, 0) is 28.5 Å². The molecule has 0 spiro atoms. The highest BCUT2D eigenvalue weighted by Gasteiger charge is 2.48. The third-order valence-electron chi connectivity index (χ3n) is 8.55. The van der Waals surface area contributed by atoms with Crippen molar-refractivity contribution in [3.05, 3.63) is 12.2 Å². The molecular weight excluding hydrogens is 564 g/mol. The Morgan fingerprint density at radius 1 is 0.674 bits per heavy atom. The number of rotatable bonds is 2. The molecule has 4 aliphatic rings. The molecule has 4 heterocycles. The molecule has 43 heavy (non-hydrogen) atoms. The van der Waals surface area contributed by atoms with Crippen LogP contribution in [0.4, 0.5) is 0 Å². The van der Waals surface area contributed by atoms with Gasteiger partial charge in [0.25, 0.3) is 0 Å². The maximum atomic E-state index is 12.5. The van der Waals surface area contributed by atoms with Crippen LogP contribution in [0.3, 0.4) is 0 Å². The molecule has 12 nitrogen and oxygen atoms in total. The average Bonchev–Trinajstić information content (AvgIpc) is 3.00. The average molecular weight is 619 g/mol. The monoisotopic (exact) mass is 618 g/mol. The summed E-state index contributed by atoms with van der Waals surface area (Å²) in [6, 6.07) is 0. The van der Waals surface area contributed by atoms with Gasteiger partial charge in [-0.25, -0.2) is 0 Å². The lowest BCUT2D eigenvalue weighted by Crippen LogP contribution is -2.61. The number of carbonyl (C=O) groups excluding carboxylic acids is 1. The Kier molecular flexibility index (Phi) is 16.9. The number of aliphatic hydroxyl groups is 6. The van der Waals surface area contributed by atoms with Crippen LogP contribution >= 0.6 is 0 Å². The van der Waals surface area contributed by atoms with Crippen LogP contribution in [-0.4, -0.2) is 125 Å². The highest BCUT2D eigenvalue weighted by Crippen LogP contribution is 2.29. The summed E-state index contributed by atoms with van der Waals surface area (Å²) in [5.74, 6) is -1.33. The van der Waals surface area contributed by atoms with Gasteiger partial charge in [-0.15, -0.1) is 0 Å². The molecule has 4 rings (SSSR count). The van der Waals surface area contributed by atoms with Crippen molar-refractivity contribution in [2.24, 2.45) is 5.92 Å². The molecule has 0 aromatic carbocycles. The van der Waals surface area contributed by atoms with Gasteiger partial charge in [-0.1, -0.05) is 50.7 Å². The molecule has 6 N–H and O–H groups in total. The van der Waals surface area contributed by atoms with Gasteiger partial charge < -0.3 is 54.3 Å². The van der Waals surface area contributed by atoms with Crippen molar-refractivity contribution in [3.63, 3.8) is 0 Å². The van der Waals surface area contributed by atoms with E-state index in [0.29, 0.717) is 13.0 Å². The Hall–Kier alpha value is -1.19. The second-order valence-electron chi connectivity index (χ2n) is 11.9. The molecule has 0 amide bonds. The van der Waals surface area contributed by atoms with E-state index in [2.05, 4.69) is 12.2 Å². The van der Waals surface area contributed by atoms with Gasteiger partial charge in [-0.05, 0) is 38.5 Å². The SMILES string of the molecule is O=C1CCCCCCC/C=C\CCCCCCCO[C@@H]2O[C@H](CO)[C@@H](O)[C@H](O)[C@H]2COC[C@@H]2O[C@H](CO)[C@@H](O1)[C@H](O)[C@H]2O. The van der Waals surface area contributed by atoms with Crippen molar-refractivity contribution in [1.29, 1.82) is 0 Å². The fourth-order valence-electron chi connectivity index (χ4n) is 5.85. The van der Waals surface area contributed by atoms with E-state index < -0.39 is 80.2 Å². The molecule has 2 bridgehead atoms. The highest BCUT2D eigenvalue weighted by molar-refractivity contribution is 5.69. The Morgan fingerprint density at radius 2 is 1.30 bits per heavy atom. The molecule has 0 unspecified atom stereocenters. The minimum Gasteiger partial charge on any atom is -0.457 e. The third kappa shape index (κ3) is 11.6. The van der Waals surface area contributed by atoms with Gasteiger partial charge in [-0.3, -0.25) is 4.79 Å². The Balaban J connectivity index is 1.62. The molecule has 4 aliphatic heterocycles. The summed E-state index contributed by atoms with van der Waals surface area (Å²) in [5.41, 5.74) is 0. The lowest BCUT2D eigenvalue weighted by Gasteiger charge is -2.43. The van der Waals surface area contributed by atoms with Crippen LogP contribution in [0.5, 0.6) is 0 Å². The molecule has 0 aliphatic carbocycles. The largest absolute Gasteiger partial charge is 0.457 e. The zero-order chi connectivity index (χ0) is 31.0. The summed E-state index contributed by atoms with van der Waals surface area (Å²) in [4.78, 5) is 12.5. The summed E-state index contributed by atoms with van der Waals surface area (Å²) in [5, 5.41) is 62.1. The number of allylic oxidation sites excluding steroid dienone is 2. The Labute approximate surface area is 254 Å². The third-order valence-corrected chi connectivity index (χ3v) is 8.55. The zero-order valence-electron chi connectivity index (χ0n) is 25.3. The zero-order valence-corrected chi connectivity index (χ0v) is 25.3. The quantitative estimate of drug-likeness (QED) is 0.192. The molecule has 10 atom stereocenters. The Morgan fingerprint density at radius 3 is 1.98 bits per heavy atom. The van der Waals surface area contributed by atoms with Gasteiger partial charge in [-0.2, -0.15) is 0 Å². The van der Waals surface area contributed by atoms with Crippen molar-refractivity contribution in [2.75, 3.05) is 33.0 Å². The second kappa shape index (κ2) is 20.0. The van der Waals surface area contributed by atoms with E-state index in [1.165, 1.54) is 0 Å². The maximum Gasteiger partial charge on any atom is 0.306 e. The number of hydrogen-bond acceptors (Lipinski definition) is 12. The standard InChI is InChI=1S/C31H54O12/c32-17-22-27(36)26(35)21-19-39-20-24-28(37)29(38)30(23(18-33)41-24)43-25(34)15-13-11-9-7-5-3-1-2-4-6-8-10-12-14-16-40-31(21)42-22/h1-2,21-24,26-33,35-38H,3-20H2/b2-1-/t21-,22-,23-,24+,26-,27-,28+,29-,30-,31-/m1/s1. The van der Waals surface area contributed by atoms with Gasteiger partial charge in [0.15, 0.2) is 12.4 Å². The number of esters is 1. The van der Waals surface area contributed by atoms with Crippen molar-refractivity contribution in [1.82, 2.24) is 0 Å². The van der Waals surface area contributed by atoms with Crippen molar-refractivity contribution < 1.29 is 59.1 Å². The van der Waals surface area contributed by atoms with Gasteiger partial charge in [0.05, 0.1) is 38.4 Å². The highest BCUT2D eigenvalue weighted by atomic mass is 16.7. The normalized spacial score (nSPS) is 40.0. The van der Waals surface area contributed by atoms with Crippen molar-refractivity contribution in [3.8, 4) is 0 Å². The van der Waals surface area contributed by atoms with Gasteiger partial charge in [0.2, 0.25) is 0 Å². The van der Waals surface area contributed by atoms with E-state index in [-0.39, 0.29) is 19.6 Å². The van der Waals surface area contributed by atoms with E-state index in [9.17, 15) is 35.4 Å². The molecule has 2 saturated heterocycles. The van der Waals surface area contributed by atoms with Crippen molar-refractivity contribution in [2.45, 2.75) is 139 Å². The van der Waals surface area contributed by atoms with Crippen LogP contribution in [0.2, 0.25) is 0 Å². The molecular formula is C31H54O12. The summed E-state index contributed by atoms with van der Waals surface area (Å²) >= 11 is 0. The van der Waals surface area contributed by atoms with Crippen LogP contribution < -0.4 is 0 Å². The first kappa shape index (κ1) is 36.3. The molecule has 2 fully saturated rings. The molecule has 250 valence electrons. The predicted octanol–water partition coefficient (Wildman–Crippen LogP) is 1.11. The van der Waals surface area contributed by atoms with E-state index in [1.807, 2.05) is 0 Å². The summed E-state index contributed by atoms with van der Waals surface area (Å²) in [6.07, 6.45) is 5.69. The number of ether oxygens (including phenoxy) is 5. The molecule has 0 saturated carbocycles. The van der Waals surface area contributed by atoms with E-state index in [0.717, 1.165) is 70.6 Å². The van der Waals surface area contributed by atoms with Gasteiger partial charge >= 0.3 is 5.97 Å². The smallest absolute Gasteiger partial charge is 0.306 e. The maximum absolute atomic E-state index is 12.5. The molecule has 0 aromatic rings. The van der Waals surface area contributed by atoms with Crippen LogP contribution in [0.1, 0.15) is 83.5 Å². The first-order chi connectivity index (χ1) is 20.9.